The molecule has 0 spiro atoms. The Kier molecular flexibility index (Phi) is 11.3. The van der Waals surface area contributed by atoms with Crippen molar-refractivity contribution in [3.63, 3.8) is 0 Å². The molecule has 0 unspecified atom stereocenters. The van der Waals surface area contributed by atoms with Crippen molar-refractivity contribution in [2.45, 2.75) is 50.7 Å². The smallest absolute Gasteiger partial charge is 0.264 e. The van der Waals surface area contributed by atoms with Crippen LogP contribution in [0, 0.1) is 0 Å². The highest BCUT2D eigenvalue weighted by atomic mass is 35.5. The monoisotopic (exact) mass is 639 g/mol. The maximum absolute atomic E-state index is 14.0. The Morgan fingerprint density at radius 1 is 0.927 bits per heavy atom. The molecule has 3 rings (SSSR count). The lowest BCUT2D eigenvalue weighted by molar-refractivity contribution is -0.139. The average Bonchev–Trinajstić information content (AvgIpc) is 2.95. The molecule has 3 aromatic carbocycles. The number of anilines is 1. The zero-order valence-corrected chi connectivity index (χ0v) is 26.2. The second kappa shape index (κ2) is 14.3. The fourth-order valence-electron chi connectivity index (χ4n) is 3.96. The molecule has 0 aliphatic rings. The van der Waals surface area contributed by atoms with Gasteiger partial charge in [0.25, 0.3) is 10.0 Å². The molecule has 0 aromatic heterocycles. The lowest BCUT2D eigenvalue weighted by Gasteiger charge is -2.33. The zero-order chi connectivity index (χ0) is 30.3. The van der Waals surface area contributed by atoms with E-state index in [1.807, 2.05) is 13.8 Å². The van der Waals surface area contributed by atoms with Gasteiger partial charge in [-0.3, -0.25) is 13.9 Å². The fraction of sp³-hybridized carbons (Fsp3) is 0.310. The van der Waals surface area contributed by atoms with E-state index in [2.05, 4.69) is 5.32 Å². The molecule has 1 N–H and O–H groups in total. The van der Waals surface area contributed by atoms with Gasteiger partial charge in [0.15, 0.2) is 0 Å². The van der Waals surface area contributed by atoms with Gasteiger partial charge in [-0.05, 0) is 62.7 Å². The first-order valence-electron chi connectivity index (χ1n) is 12.8. The first kappa shape index (κ1) is 32.5. The van der Waals surface area contributed by atoms with E-state index in [9.17, 15) is 18.0 Å². The zero-order valence-electron chi connectivity index (χ0n) is 23.1. The third-order valence-corrected chi connectivity index (χ3v) is 9.38. The minimum absolute atomic E-state index is 0.0250. The van der Waals surface area contributed by atoms with Crippen molar-refractivity contribution in [3.05, 3.63) is 87.4 Å². The van der Waals surface area contributed by atoms with Crippen molar-refractivity contribution in [2.24, 2.45) is 0 Å². The maximum Gasteiger partial charge on any atom is 0.264 e. The summed E-state index contributed by atoms with van der Waals surface area (Å²) in [6, 6.07) is 15.9. The summed E-state index contributed by atoms with van der Waals surface area (Å²) in [6.45, 7) is 4.58. The molecule has 0 bridgehead atoms. The molecule has 3 aromatic rings. The number of carbonyl (C=O) groups excluding carboxylic acids is 2. The number of carbonyl (C=O) groups is 2. The van der Waals surface area contributed by atoms with Gasteiger partial charge in [-0.1, -0.05) is 66.0 Å². The largest absolute Gasteiger partial charge is 0.495 e. The van der Waals surface area contributed by atoms with Gasteiger partial charge in [-0.15, -0.1) is 0 Å². The maximum atomic E-state index is 14.0. The lowest BCUT2D eigenvalue weighted by Crippen LogP contribution is -2.52. The van der Waals surface area contributed by atoms with E-state index in [1.165, 1.54) is 42.3 Å². The van der Waals surface area contributed by atoms with Crippen molar-refractivity contribution in [2.75, 3.05) is 18.0 Å². The van der Waals surface area contributed by atoms with E-state index < -0.39 is 34.4 Å². The molecule has 12 heteroatoms. The van der Waals surface area contributed by atoms with Crippen LogP contribution in [0.4, 0.5) is 5.69 Å². The first-order valence-corrected chi connectivity index (χ1v) is 15.4. The summed E-state index contributed by atoms with van der Waals surface area (Å²) >= 11 is 19.2. The standard InChI is InChI=1S/C29H32Cl3N3O5S/c1-5-19(2)33-29(37)20(3)34(17-23-24(30)12-9-13-25(23)31)28(36)18-35(21-14-15-27(40-4)26(32)16-21)41(38,39)22-10-7-6-8-11-22/h6-16,19-20H,5,17-18H2,1-4H3,(H,33,37)/t19-,20+/m0/s1. The van der Waals surface area contributed by atoms with Crippen molar-refractivity contribution in [1.82, 2.24) is 10.2 Å². The summed E-state index contributed by atoms with van der Waals surface area (Å²) in [4.78, 5) is 28.5. The van der Waals surface area contributed by atoms with Crippen molar-refractivity contribution >= 4 is 62.3 Å². The predicted octanol–water partition coefficient (Wildman–Crippen LogP) is 6.18. The SMILES string of the molecule is CC[C@H](C)NC(=O)[C@@H](C)N(Cc1c(Cl)cccc1Cl)C(=O)CN(c1ccc(OC)c(Cl)c1)S(=O)(=O)c1ccccc1. The van der Waals surface area contributed by atoms with E-state index in [-0.39, 0.29) is 28.2 Å². The highest BCUT2D eigenvalue weighted by Crippen LogP contribution is 2.33. The Labute approximate surface area is 256 Å². The van der Waals surface area contributed by atoms with Gasteiger partial charge in [0.1, 0.15) is 18.3 Å². The number of sulfonamides is 1. The third-order valence-electron chi connectivity index (χ3n) is 6.59. The highest BCUT2D eigenvalue weighted by molar-refractivity contribution is 7.92. The molecule has 2 atom stereocenters. The number of methoxy groups -OCH3 is 1. The van der Waals surface area contributed by atoms with Crippen molar-refractivity contribution in [3.8, 4) is 5.75 Å². The van der Waals surface area contributed by atoms with Crippen molar-refractivity contribution in [1.29, 1.82) is 0 Å². The van der Waals surface area contributed by atoms with Gasteiger partial charge >= 0.3 is 0 Å². The second-order valence-corrected chi connectivity index (χ2v) is 12.4. The number of amides is 2. The van der Waals surface area contributed by atoms with Gasteiger partial charge in [-0.2, -0.15) is 0 Å². The summed E-state index contributed by atoms with van der Waals surface area (Å²) < 4.78 is 33.9. The van der Waals surface area contributed by atoms with E-state index in [0.29, 0.717) is 27.8 Å². The first-order chi connectivity index (χ1) is 19.4. The predicted molar refractivity (Wildman–Crippen MR) is 163 cm³/mol. The van der Waals surface area contributed by atoms with Crippen LogP contribution in [0.2, 0.25) is 15.1 Å². The fourth-order valence-corrected chi connectivity index (χ4v) is 6.16. The number of rotatable bonds is 12. The molecule has 0 aliphatic carbocycles. The normalized spacial score (nSPS) is 12.8. The summed E-state index contributed by atoms with van der Waals surface area (Å²) in [5.74, 6) is -0.718. The Morgan fingerprint density at radius 3 is 2.12 bits per heavy atom. The minimum Gasteiger partial charge on any atom is -0.495 e. The van der Waals surface area contributed by atoms with Crippen LogP contribution in [0.25, 0.3) is 0 Å². The van der Waals surface area contributed by atoms with Crippen LogP contribution in [-0.4, -0.2) is 50.9 Å². The second-order valence-electron chi connectivity index (χ2n) is 9.36. The Bertz CT molecular complexity index is 1470. The molecule has 0 radical (unpaired) electrons. The van der Waals surface area contributed by atoms with Gasteiger partial charge in [0.05, 0.1) is 22.7 Å². The molecule has 0 aliphatic heterocycles. The van der Waals surface area contributed by atoms with Crippen LogP contribution in [0.15, 0.2) is 71.6 Å². The number of ether oxygens (including phenoxy) is 1. The quantitative estimate of drug-likeness (QED) is 0.255. The van der Waals surface area contributed by atoms with Crippen LogP contribution in [0.5, 0.6) is 5.75 Å². The van der Waals surface area contributed by atoms with E-state index in [1.54, 1.807) is 43.3 Å². The summed E-state index contributed by atoms with van der Waals surface area (Å²) in [5, 5.41) is 3.65. The van der Waals surface area contributed by atoms with Crippen LogP contribution in [0.3, 0.4) is 0 Å². The molecule has 0 saturated carbocycles. The lowest BCUT2D eigenvalue weighted by atomic mass is 10.1. The number of nitrogens with one attached hydrogen (secondary N) is 1. The van der Waals surface area contributed by atoms with Crippen LogP contribution in [0.1, 0.15) is 32.8 Å². The third kappa shape index (κ3) is 7.86. The molecule has 0 saturated heterocycles. The number of benzene rings is 3. The Balaban J connectivity index is 2.09. The van der Waals surface area contributed by atoms with Crippen LogP contribution in [-0.2, 0) is 26.2 Å². The highest BCUT2D eigenvalue weighted by Gasteiger charge is 2.33. The molecular weight excluding hydrogens is 609 g/mol. The van der Waals surface area contributed by atoms with Gasteiger partial charge in [-0.25, -0.2) is 8.42 Å². The minimum atomic E-state index is -4.24. The van der Waals surface area contributed by atoms with Gasteiger partial charge in [0, 0.05) is 28.2 Å². The number of halogens is 3. The number of hydrogen-bond donors (Lipinski definition) is 1. The van der Waals surface area contributed by atoms with Crippen LogP contribution < -0.4 is 14.4 Å². The summed E-state index contributed by atoms with van der Waals surface area (Å²) in [5.41, 5.74) is 0.567. The number of nitrogens with zero attached hydrogens (tertiary/aromatic N) is 2. The number of hydrogen-bond acceptors (Lipinski definition) is 5. The summed E-state index contributed by atoms with van der Waals surface area (Å²) in [7, 11) is -2.81. The van der Waals surface area contributed by atoms with Gasteiger partial charge in [0.2, 0.25) is 11.8 Å². The van der Waals surface area contributed by atoms with Gasteiger partial charge < -0.3 is 15.0 Å². The van der Waals surface area contributed by atoms with E-state index >= 15 is 0 Å². The molecule has 220 valence electrons. The molecule has 8 nitrogen and oxygen atoms in total. The molecule has 2 amide bonds. The summed E-state index contributed by atoms with van der Waals surface area (Å²) in [6.07, 6.45) is 0.685. The Hall–Kier alpha value is -2.98. The molecule has 0 heterocycles. The van der Waals surface area contributed by atoms with E-state index in [4.69, 9.17) is 39.5 Å². The average molecular weight is 641 g/mol. The van der Waals surface area contributed by atoms with Crippen LogP contribution >= 0.6 is 34.8 Å². The molecule has 0 fully saturated rings. The van der Waals surface area contributed by atoms with E-state index in [0.717, 1.165) is 4.31 Å². The Morgan fingerprint density at radius 2 is 1.56 bits per heavy atom. The molecule has 41 heavy (non-hydrogen) atoms. The molecular formula is C29H32Cl3N3O5S. The van der Waals surface area contributed by atoms with Crippen molar-refractivity contribution < 1.29 is 22.7 Å². The topological polar surface area (TPSA) is 96.0 Å².